The van der Waals surface area contributed by atoms with Crippen molar-refractivity contribution in [3.63, 3.8) is 0 Å². The normalized spacial score (nSPS) is 10.0. The molecule has 0 saturated carbocycles. The van der Waals surface area contributed by atoms with E-state index < -0.39 is 0 Å². The van der Waals surface area contributed by atoms with Crippen molar-refractivity contribution in [1.82, 2.24) is 0 Å². The molecule has 0 aliphatic heterocycles. The van der Waals surface area contributed by atoms with E-state index >= 15 is 0 Å². The predicted octanol–water partition coefficient (Wildman–Crippen LogP) is 4.33. The summed E-state index contributed by atoms with van der Waals surface area (Å²) in [5.74, 6) is 0. The first-order valence-electron chi connectivity index (χ1n) is 5.43. The van der Waals surface area contributed by atoms with E-state index in [1.54, 1.807) is 42.5 Å². The van der Waals surface area contributed by atoms with Gasteiger partial charge in [0.1, 0.15) is 0 Å². The summed E-state index contributed by atoms with van der Waals surface area (Å²) in [7, 11) is 0. The van der Waals surface area contributed by atoms with Crippen LogP contribution in [0.2, 0.25) is 5.02 Å². The van der Waals surface area contributed by atoms with E-state index in [2.05, 4.69) is 26.6 Å². The Bertz CT molecular complexity index is 601. The topological polar surface area (TPSA) is 67.1 Å². The van der Waals surface area contributed by atoms with Gasteiger partial charge in [-0.3, -0.25) is 0 Å². The molecule has 0 heterocycles. The maximum atomic E-state index is 11.8. The number of amides is 2. The largest absolute Gasteiger partial charge is 0.399 e. The molecule has 6 heteroatoms. The molecule has 0 unspecified atom stereocenters. The number of nitrogen functional groups attached to an aromatic ring is 1. The van der Waals surface area contributed by atoms with E-state index in [0.717, 1.165) is 4.47 Å². The fraction of sp³-hybridized carbons (Fsp3) is 0. The van der Waals surface area contributed by atoms with Crippen LogP contribution < -0.4 is 16.4 Å². The minimum Gasteiger partial charge on any atom is -0.399 e. The summed E-state index contributed by atoms with van der Waals surface area (Å²) in [5.41, 5.74) is 7.50. The summed E-state index contributed by atoms with van der Waals surface area (Å²) in [6.07, 6.45) is 0. The molecule has 2 aromatic rings. The van der Waals surface area contributed by atoms with Crippen molar-refractivity contribution in [2.45, 2.75) is 0 Å². The van der Waals surface area contributed by atoms with Gasteiger partial charge in [0.15, 0.2) is 0 Å². The van der Waals surface area contributed by atoms with Gasteiger partial charge in [-0.05, 0) is 58.4 Å². The van der Waals surface area contributed by atoms with Gasteiger partial charge >= 0.3 is 6.03 Å². The van der Waals surface area contributed by atoms with Crippen molar-refractivity contribution < 1.29 is 4.79 Å². The van der Waals surface area contributed by atoms with Gasteiger partial charge in [-0.15, -0.1) is 0 Å². The molecule has 19 heavy (non-hydrogen) atoms. The zero-order valence-electron chi connectivity index (χ0n) is 9.78. The Morgan fingerprint density at radius 2 is 1.79 bits per heavy atom. The van der Waals surface area contributed by atoms with Crippen LogP contribution in [0.3, 0.4) is 0 Å². The summed E-state index contributed by atoms with van der Waals surface area (Å²) >= 11 is 9.11. The average molecular weight is 341 g/mol. The molecule has 4 N–H and O–H groups in total. The van der Waals surface area contributed by atoms with Crippen molar-refractivity contribution in [2.24, 2.45) is 0 Å². The maximum Gasteiger partial charge on any atom is 0.323 e. The van der Waals surface area contributed by atoms with E-state index in [9.17, 15) is 4.79 Å². The molecule has 0 spiro atoms. The average Bonchev–Trinajstić information content (AvgIpc) is 2.37. The van der Waals surface area contributed by atoms with Crippen molar-refractivity contribution in [1.29, 1.82) is 0 Å². The van der Waals surface area contributed by atoms with E-state index in [4.69, 9.17) is 17.3 Å². The highest BCUT2D eigenvalue weighted by Crippen LogP contribution is 2.24. The van der Waals surface area contributed by atoms with Crippen LogP contribution in [-0.2, 0) is 0 Å². The number of carbonyl (C=O) groups is 1. The molecule has 0 aromatic heterocycles. The first kappa shape index (κ1) is 13.7. The Hall–Kier alpha value is -1.72. The molecule has 0 aliphatic carbocycles. The Morgan fingerprint density at radius 3 is 2.47 bits per heavy atom. The van der Waals surface area contributed by atoms with Crippen LogP contribution in [0.15, 0.2) is 46.9 Å². The first-order valence-corrected chi connectivity index (χ1v) is 6.60. The number of halogens is 2. The number of hydrogen-bond donors (Lipinski definition) is 3. The second-order valence-electron chi connectivity index (χ2n) is 3.83. The lowest BCUT2D eigenvalue weighted by Gasteiger charge is -2.09. The third kappa shape index (κ3) is 3.87. The Morgan fingerprint density at radius 1 is 1.11 bits per heavy atom. The summed E-state index contributed by atoms with van der Waals surface area (Å²) in [6.45, 7) is 0. The molecular weight excluding hydrogens is 330 g/mol. The molecule has 0 bridgehead atoms. The van der Waals surface area contributed by atoms with Crippen molar-refractivity contribution in [2.75, 3.05) is 16.4 Å². The molecule has 2 rings (SSSR count). The minimum atomic E-state index is -0.353. The van der Waals surface area contributed by atoms with Crippen molar-refractivity contribution in [3.05, 3.63) is 52.0 Å². The molecule has 0 atom stereocenters. The van der Waals surface area contributed by atoms with Gasteiger partial charge in [-0.2, -0.15) is 0 Å². The fourth-order valence-corrected chi connectivity index (χ4v) is 1.93. The second-order valence-corrected chi connectivity index (χ2v) is 5.12. The highest BCUT2D eigenvalue weighted by atomic mass is 79.9. The molecule has 0 radical (unpaired) electrons. The van der Waals surface area contributed by atoms with E-state index in [-0.39, 0.29) is 6.03 Å². The van der Waals surface area contributed by atoms with Gasteiger partial charge in [0.2, 0.25) is 0 Å². The fourth-order valence-electron chi connectivity index (χ4n) is 1.46. The number of anilines is 3. The molecule has 0 aliphatic rings. The second kappa shape index (κ2) is 5.95. The van der Waals surface area contributed by atoms with Gasteiger partial charge < -0.3 is 16.4 Å². The van der Waals surface area contributed by atoms with Crippen molar-refractivity contribution in [3.8, 4) is 0 Å². The van der Waals surface area contributed by atoms with Crippen LogP contribution in [0.5, 0.6) is 0 Å². The number of benzene rings is 2. The Balaban J connectivity index is 2.05. The zero-order chi connectivity index (χ0) is 13.8. The minimum absolute atomic E-state index is 0.353. The molecule has 98 valence electrons. The number of nitrogens with two attached hydrogens (primary N) is 1. The van der Waals surface area contributed by atoms with Crippen LogP contribution >= 0.6 is 27.5 Å². The molecule has 2 amide bonds. The molecule has 0 fully saturated rings. The number of nitrogens with one attached hydrogen (secondary N) is 2. The first-order chi connectivity index (χ1) is 9.04. The number of hydrogen-bond acceptors (Lipinski definition) is 2. The monoisotopic (exact) mass is 339 g/mol. The van der Waals surface area contributed by atoms with Gasteiger partial charge in [0, 0.05) is 20.9 Å². The van der Waals surface area contributed by atoms with E-state index in [1.165, 1.54) is 0 Å². The molecule has 4 nitrogen and oxygen atoms in total. The summed E-state index contributed by atoms with van der Waals surface area (Å²) < 4.78 is 0.757. The van der Waals surface area contributed by atoms with Gasteiger partial charge in [0.05, 0.1) is 5.69 Å². The maximum absolute atomic E-state index is 11.8. The third-order valence-electron chi connectivity index (χ3n) is 2.34. The number of rotatable bonds is 2. The highest BCUT2D eigenvalue weighted by molar-refractivity contribution is 9.10. The number of carbonyl (C=O) groups excluding carboxylic acids is 1. The summed E-state index contributed by atoms with van der Waals surface area (Å²) in [4.78, 5) is 11.8. The van der Waals surface area contributed by atoms with Crippen LogP contribution in [-0.4, -0.2) is 6.03 Å². The molecule has 0 saturated heterocycles. The summed E-state index contributed by atoms with van der Waals surface area (Å²) in [6, 6.07) is 11.7. The van der Waals surface area contributed by atoms with Crippen LogP contribution in [0.25, 0.3) is 0 Å². The van der Waals surface area contributed by atoms with Crippen LogP contribution in [0, 0.1) is 0 Å². The lowest BCUT2D eigenvalue weighted by atomic mass is 10.3. The molecule has 2 aromatic carbocycles. The van der Waals surface area contributed by atoms with Gasteiger partial charge in [-0.25, -0.2) is 4.79 Å². The lowest BCUT2D eigenvalue weighted by Crippen LogP contribution is -2.19. The smallest absolute Gasteiger partial charge is 0.323 e. The van der Waals surface area contributed by atoms with Crippen LogP contribution in [0.1, 0.15) is 0 Å². The van der Waals surface area contributed by atoms with Crippen LogP contribution in [0.4, 0.5) is 21.9 Å². The predicted molar refractivity (Wildman–Crippen MR) is 82.6 cm³/mol. The van der Waals surface area contributed by atoms with E-state index in [0.29, 0.717) is 22.1 Å². The standard InChI is InChI=1S/C13H11BrClN3O/c14-11-6-3-9(16)7-12(11)18-13(19)17-10-4-1-8(15)2-5-10/h1-7H,16H2,(H2,17,18,19). The Kier molecular flexibility index (Phi) is 4.29. The Labute approximate surface area is 124 Å². The quantitative estimate of drug-likeness (QED) is 0.712. The van der Waals surface area contributed by atoms with Gasteiger partial charge in [-0.1, -0.05) is 11.6 Å². The molecular formula is C13H11BrClN3O. The van der Waals surface area contributed by atoms with E-state index in [1.807, 2.05) is 0 Å². The van der Waals surface area contributed by atoms with Gasteiger partial charge in [0.25, 0.3) is 0 Å². The lowest BCUT2D eigenvalue weighted by molar-refractivity contribution is 0.262. The highest BCUT2D eigenvalue weighted by Gasteiger charge is 2.06. The number of urea groups is 1. The van der Waals surface area contributed by atoms with Crippen molar-refractivity contribution >= 4 is 50.6 Å². The SMILES string of the molecule is Nc1ccc(Br)c(NC(=O)Nc2ccc(Cl)cc2)c1. The summed E-state index contributed by atoms with van der Waals surface area (Å²) in [5, 5.41) is 6.01. The zero-order valence-corrected chi connectivity index (χ0v) is 12.1. The third-order valence-corrected chi connectivity index (χ3v) is 3.28.